The third-order valence-electron chi connectivity index (χ3n) is 4.25. The van der Waals surface area contributed by atoms with Crippen LogP contribution in [0.3, 0.4) is 0 Å². The van der Waals surface area contributed by atoms with Crippen LogP contribution in [0.25, 0.3) is 0 Å². The van der Waals surface area contributed by atoms with E-state index in [1.165, 1.54) is 5.41 Å². The Morgan fingerprint density at radius 3 is 2.96 bits per heavy atom. The zero-order valence-electron chi connectivity index (χ0n) is 13.6. The number of hydrogen-bond donors (Lipinski definition) is 0. The van der Waals surface area contributed by atoms with Crippen LogP contribution in [0, 0.1) is 5.92 Å². The number of rotatable bonds is 3. The SMILES string of the molecule is COc1cccc2c1OCCCN(C(=O)C[C@H]1C=CS(=O)(=O)C1)C2. The Morgan fingerprint density at radius 1 is 1.42 bits per heavy atom. The predicted molar refractivity (Wildman–Crippen MR) is 89.6 cm³/mol. The molecule has 1 aromatic carbocycles. The molecule has 1 aromatic rings. The van der Waals surface area contributed by atoms with Gasteiger partial charge in [-0.2, -0.15) is 0 Å². The molecule has 0 radical (unpaired) electrons. The van der Waals surface area contributed by atoms with Gasteiger partial charge >= 0.3 is 0 Å². The molecule has 1 amide bonds. The molecule has 0 spiro atoms. The lowest BCUT2D eigenvalue weighted by Gasteiger charge is -2.28. The average Bonchev–Trinajstić information content (AvgIpc) is 2.86. The Hall–Kier alpha value is -2.02. The van der Waals surface area contributed by atoms with Crippen molar-refractivity contribution < 1.29 is 22.7 Å². The fourth-order valence-electron chi connectivity index (χ4n) is 3.06. The second-order valence-electron chi connectivity index (χ2n) is 6.09. The van der Waals surface area contributed by atoms with Gasteiger partial charge in [-0.1, -0.05) is 18.2 Å². The van der Waals surface area contributed by atoms with E-state index in [0.29, 0.717) is 31.2 Å². The van der Waals surface area contributed by atoms with E-state index in [0.717, 1.165) is 12.0 Å². The highest BCUT2D eigenvalue weighted by molar-refractivity contribution is 7.94. The summed E-state index contributed by atoms with van der Waals surface area (Å²) < 4.78 is 34.1. The minimum absolute atomic E-state index is 0.0279. The van der Waals surface area contributed by atoms with Crippen molar-refractivity contribution in [2.45, 2.75) is 19.4 Å². The van der Waals surface area contributed by atoms with Crippen LogP contribution in [0.15, 0.2) is 29.7 Å². The Kier molecular flexibility index (Phi) is 4.80. The average molecular weight is 351 g/mol. The highest BCUT2D eigenvalue weighted by atomic mass is 32.2. The van der Waals surface area contributed by atoms with Gasteiger partial charge in [0.1, 0.15) is 0 Å². The molecule has 0 aliphatic carbocycles. The molecule has 7 heteroatoms. The smallest absolute Gasteiger partial charge is 0.223 e. The Bertz CT molecular complexity index is 756. The van der Waals surface area contributed by atoms with Crippen molar-refractivity contribution in [1.29, 1.82) is 0 Å². The van der Waals surface area contributed by atoms with Crippen molar-refractivity contribution >= 4 is 15.7 Å². The van der Waals surface area contributed by atoms with Crippen molar-refractivity contribution in [2.24, 2.45) is 5.92 Å². The van der Waals surface area contributed by atoms with Crippen molar-refractivity contribution in [1.82, 2.24) is 4.90 Å². The number of benzene rings is 1. The zero-order valence-corrected chi connectivity index (χ0v) is 14.4. The third kappa shape index (κ3) is 3.72. The molecular formula is C17H21NO5S. The van der Waals surface area contributed by atoms with Gasteiger partial charge in [0.15, 0.2) is 21.3 Å². The standard InChI is InChI=1S/C17H21NO5S/c1-22-15-5-2-4-14-11-18(7-3-8-23-17(14)15)16(19)10-13-6-9-24(20,21)12-13/h2,4-6,9,13H,3,7-8,10-12H2,1H3/t13-/m1/s1. The van der Waals surface area contributed by atoms with Crippen molar-refractivity contribution in [3.63, 3.8) is 0 Å². The first-order chi connectivity index (χ1) is 11.5. The molecule has 0 unspecified atom stereocenters. The van der Waals surface area contributed by atoms with Crippen LogP contribution in [-0.4, -0.2) is 45.2 Å². The fraction of sp³-hybridized carbons (Fsp3) is 0.471. The fourth-order valence-corrected chi connectivity index (χ4v) is 4.46. The van der Waals surface area contributed by atoms with Gasteiger partial charge in [-0.25, -0.2) is 8.42 Å². The summed E-state index contributed by atoms with van der Waals surface area (Å²) in [5.74, 6) is 1.11. The predicted octanol–water partition coefficient (Wildman–Crippen LogP) is 1.75. The number of methoxy groups -OCH3 is 1. The Morgan fingerprint density at radius 2 is 2.25 bits per heavy atom. The maximum atomic E-state index is 12.6. The molecule has 2 aliphatic rings. The van der Waals surface area contributed by atoms with E-state index in [4.69, 9.17) is 9.47 Å². The number of carbonyl (C=O) groups is 1. The summed E-state index contributed by atoms with van der Waals surface area (Å²) in [6.45, 7) is 1.54. The zero-order chi connectivity index (χ0) is 17.2. The van der Waals surface area contributed by atoms with Crippen LogP contribution in [0.2, 0.25) is 0 Å². The van der Waals surface area contributed by atoms with E-state index in [2.05, 4.69) is 0 Å². The summed E-state index contributed by atoms with van der Waals surface area (Å²) in [4.78, 5) is 14.4. The van der Waals surface area contributed by atoms with Gasteiger partial charge in [-0.05, 0) is 12.5 Å². The monoisotopic (exact) mass is 351 g/mol. The third-order valence-corrected chi connectivity index (χ3v) is 5.72. The first kappa shape index (κ1) is 16.8. The molecular weight excluding hydrogens is 330 g/mol. The second kappa shape index (κ2) is 6.84. The van der Waals surface area contributed by atoms with Crippen molar-refractivity contribution in [3.8, 4) is 11.5 Å². The van der Waals surface area contributed by atoms with E-state index in [1.807, 2.05) is 18.2 Å². The number of amides is 1. The number of nitrogens with zero attached hydrogens (tertiary/aromatic N) is 1. The number of allylic oxidation sites excluding steroid dienone is 1. The van der Waals surface area contributed by atoms with E-state index < -0.39 is 9.84 Å². The van der Waals surface area contributed by atoms with E-state index in [1.54, 1.807) is 18.1 Å². The van der Waals surface area contributed by atoms with Crippen LogP contribution in [0.1, 0.15) is 18.4 Å². The van der Waals surface area contributed by atoms with Crippen LogP contribution >= 0.6 is 0 Å². The van der Waals surface area contributed by atoms with Gasteiger partial charge in [0.05, 0.1) is 19.5 Å². The molecule has 0 bridgehead atoms. The highest BCUT2D eigenvalue weighted by Gasteiger charge is 2.27. The largest absolute Gasteiger partial charge is 0.493 e. The molecule has 2 heterocycles. The van der Waals surface area contributed by atoms with Crippen molar-refractivity contribution in [3.05, 3.63) is 35.2 Å². The highest BCUT2D eigenvalue weighted by Crippen LogP contribution is 2.33. The minimum atomic E-state index is -3.13. The lowest BCUT2D eigenvalue weighted by Crippen LogP contribution is -2.35. The topological polar surface area (TPSA) is 72.9 Å². The summed E-state index contributed by atoms with van der Waals surface area (Å²) in [6, 6.07) is 5.63. The Labute approximate surface area is 142 Å². The number of fused-ring (bicyclic) bond motifs is 1. The molecule has 6 nitrogen and oxygen atoms in total. The van der Waals surface area contributed by atoms with Crippen LogP contribution < -0.4 is 9.47 Å². The summed E-state index contributed by atoms with van der Waals surface area (Å²) in [5, 5.41) is 1.21. The number of hydrogen-bond acceptors (Lipinski definition) is 5. The second-order valence-corrected chi connectivity index (χ2v) is 8.02. The summed E-state index contributed by atoms with van der Waals surface area (Å²) in [6.07, 6.45) is 2.56. The number of para-hydroxylation sites is 1. The number of sulfone groups is 1. The molecule has 130 valence electrons. The van der Waals surface area contributed by atoms with E-state index >= 15 is 0 Å². The molecule has 1 atom stereocenters. The van der Waals surface area contributed by atoms with E-state index in [-0.39, 0.29) is 24.0 Å². The maximum absolute atomic E-state index is 12.6. The summed E-state index contributed by atoms with van der Waals surface area (Å²) in [5.41, 5.74) is 0.900. The lowest BCUT2D eigenvalue weighted by molar-refractivity contribution is -0.132. The first-order valence-corrected chi connectivity index (χ1v) is 9.67. The Balaban J connectivity index is 1.74. The van der Waals surface area contributed by atoms with Crippen molar-refractivity contribution in [2.75, 3.05) is 26.0 Å². The van der Waals surface area contributed by atoms with Gasteiger partial charge in [0.2, 0.25) is 5.91 Å². The van der Waals surface area contributed by atoms with Gasteiger partial charge in [0, 0.05) is 36.4 Å². The molecule has 0 saturated heterocycles. The normalized spacial score (nSPS) is 22.2. The van der Waals surface area contributed by atoms with Crippen LogP contribution in [0.5, 0.6) is 11.5 Å². The molecule has 0 N–H and O–H groups in total. The van der Waals surface area contributed by atoms with Gasteiger partial charge < -0.3 is 14.4 Å². The van der Waals surface area contributed by atoms with Gasteiger partial charge in [-0.3, -0.25) is 4.79 Å². The molecule has 0 aromatic heterocycles. The lowest BCUT2D eigenvalue weighted by atomic mass is 10.1. The molecule has 0 fully saturated rings. The molecule has 2 aliphatic heterocycles. The van der Waals surface area contributed by atoms with Gasteiger partial charge in [0.25, 0.3) is 0 Å². The van der Waals surface area contributed by atoms with Gasteiger partial charge in [-0.15, -0.1) is 0 Å². The quantitative estimate of drug-likeness (QED) is 0.830. The van der Waals surface area contributed by atoms with E-state index in [9.17, 15) is 13.2 Å². The first-order valence-electron chi connectivity index (χ1n) is 7.96. The summed E-state index contributed by atoms with van der Waals surface area (Å²) >= 11 is 0. The number of ether oxygens (including phenoxy) is 2. The van der Waals surface area contributed by atoms with Crippen LogP contribution in [0.4, 0.5) is 0 Å². The minimum Gasteiger partial charge on any atom is -0.493 e. The maximum Gasteiger partial charge on any atom is 0.223 e. The summed E-state index contributed by atoms with van der Waals surface area (Å²) in [7, 11) is -1.54. The van der Waals surface area contributed by atoms with Crippen LogP contribution in [-0.2, 0) is 21.2 Å². The molecule has 3 rings (SSSR count). The molecule has 24 heavy (non-hydrogen) atoms. The molecule has 0 saturated carbocycles. The number of carbonyl (C=O) groups excluding carboxylic acids is 1.